The van der Waals surface area contributed by atoms with Gasteiger partial charge in [0, 0.05) is 25.2 Å². The number of nitrogens with one attached hydrogen (secondary N) is 1. The zero-order valence-electron chi connectivity index (χ0n) is 11.8. The Morgan fingerprint density at radius 2 is 2.00 bits per heavy atom. The van der Waals surface area contributed by atoms with Crippen molar-refractivity contribution in [1.29, 1.82) is 0 Å². The van der Waals surface area contributed by atoms with Crippen LogP contribution < -0.4 is 10.2 Å². The molecule has 2 rings (SSSR count). The zero-order valence-corrected chi connectivity index (χ0v) is 12.6. The second-order valence-corrected chi connectivity index (χ2v) is 5.68. The number of nitro benzene ring substituents is 1. The maximum atomic E-state index is 11.2. The lowest BCUT2D eigenvalue weighted by Crippen LogP contribution is -2.40. The summed E-state index contributed by atoms with van der Waals surface area (Å²) < 4.78 is 0. The van der Waals surface area contributed by atoms with Gasteiger partial charge in [-0.25, -0.2) is 0 Å². The smallest absolute Gasteiger partial charge is 0.294 e. The van der Waals surface area contributed by atoms with Gasteiger partial charge in [-0.2, -0.15) is 0 Å². The molecule has 0 aromatic heterocycles. The topological polar surface area (TPSA) is 58.4 Å². The normalized spacial score (nSPS) is 22.6. The van der Waals surface area contributed by atoms with Crippen LogP contribution in [-0.2, 0) is 0 Å². The van der Waals surface area contributed by atoms with E-state index in [0.29, 0.717) is 22.8 Å². The molecule has 1 aromatic carbocycles. The number of para-hydroxylation sites is 1. The molecule has 1 saturated carbocycles. The first-order valence-electron chi connectivity index (χ1n) is 6.87. The molecule has 0 heterocycles. The third-order valence-electron chi connectivity index (χ3n) is 4.17. The Kier molecular flexibility index (Phi) is 4.83. The summed E-state index contributed by atoms with van der Waals surface area (Å²) in [5.41, 5.74) is 0.614. The standard InChI is InChI=1S/C14H20ClN3O2/c1-16-10-6-8-11(9-7-10)17(2)14-12(15)4-3-5-13(14)18(19)20/h3-5,10-11,16H,6-9H2,1-2H3. The summed E-state index contributed by atoms with van der Waals surface area (Å²) in [6.07, 6.45) is 4.21. The Bertz CT molecular complexity index is 487. The highest BCUT2D eigenvalue weighted by molar-refractivity contribution is 6.33. The van der Waals surface area contributed by atoms with Crippen LogP contribution in [0.15, 0.2) is 18.2 Å². The van der Waals surface area contributed by atoms with E-state index < -0.39 is 0 Å². The van der Waals surface area contributed by atoms with Crippen molar-refractivity contribution in [2.75, 3.05) is 19.0 Å². The maximum Gasteiger partial charge on any atom is 0.294 e. The highest BCUT2D eigenvalue weighted by Gasteiger charge is 2.28. The highest BCUT2D eigenvalue weighted by atomic mass is 35.5. The quantitative estimate of drug-likeness (QED) is 0.685. The van der Waals surface area contributed by atoms with Crippen LogP contribution in [0.2, 0.25) is 5.02 Å². The minimum Gasteiger partial charge on any atom is -0.365 e. The van der Waals surface area contributed by atoms with E-state index in [1.807, 2.05) is 19.0 Å². The van der Waals surface area contributed by atoms with Gasteiger partial charge in [-0.05, 0) is 38.8 Å². The average Bonchev–Trinajstić information content (AvgIpc) is 2.46. The average molecular weight is 298 g/mol. The minimum atomic E-state index is -0.364. The third kappa shape index (κ3) is 3.04. The molecule has 5 nitrogen and oxygen atoms in total. The Balaban J connectivity index is 2.21. The van der Waals surface area contributed by atoms with Gasteiger partial charge >= 0.3 is 0 Å². The fourth-order valence-corrected chi connectivity index (χ4v) is 3.24. The van der Waals surface area contributed by atoms with Crippen LogP contribution in [0.3, 0.4) is 0 Å². The van der Waals surface area contributed by atoms with E-state index in [4.69, 9.17) is 11.6 Å². The van der Waals surface area contributed by atoms with Gasteiger partial charge in [0.25, 0.3) is 5.69 Å². The molecule has 20 heavy (non-hydrogen) atoms. The summed E-state index contributed by atoms with van der Waals surface area (Å²) >= 11 is 6.19. The van der Waals surface area contributed by atoms with Crippen LogP contribution in [0.25, 0.3) is 0 Å². The number of nitrogens with zero attached hydrogens (tertiary/aromatic N) is 2. The van der Waals surface area contributed by atoms with E-state index in [-0.39, 0.29) is 10.6 Å². The monoisotopic (exact) mass is 297 g/mol. The van der Waals surface area contributed by atoms with Gasteiger partial charge in [-0.3, -0.25) is 10.1 Å². The molecule has 0 amide bonds. The van der Waals surface area contributed by atoms with Crippen molar-refractivity contribution >= 4 is 23.0 Å². The van der Waals surface area contributed by atoms with Crippen LogP contribution >= 0.6 is 11.6 Å². The number of hydrogen-bond donors (Lipinski definition) is 1. The molecule has 0 spiro atoms. The van der Waals surface area contributed by atoms with Gasteiger partial charge < -0.3 is 10.2 Å². The molecule has 0 radical (unpaired) electrons. The molecule has 0 aliphatic heterocycles. The molecule has 1 N–H and O–H groups in total. The van der Waals surface area contributed by atoms with Gasteiger partial charge in [0.15, 0.2) is 0 Å². The third-order valence-corrected chi connectivity index (χ3v) is 4.47. The van der Waals surface area contributed by atoms with Crippen molar-refractivity contribution in [3.63, 3.8) is 0 Å². The van der Waals surface area contributed by atoms with E-state index in [0.717, 1.165) is 25.7 Å². The molecule has 0 saturated heterocycles. The van der Waals surface area contributed by atoms with E-state index in [9.17, 15) is 10.1 Å². The second kappa shape index (κ2) is 6.41. The lowest BCUT2D eigenvalue weighted by molar-refractivity contribution is -0.384. The Morgan fingerprint density at radius 1 is 1.35 bits per heavy atom. The summed E-state index contributed by atoms with van der Waals surface area (Å²) in [5.74, 6) is 0. The van der Waals surface area contributed by atoms with Crippen LogP contribution in [0.1, 0.15) is 25.7 Å². The molecule has 0 bridgehead atoms. The molecular weight excluding hydrogens is 278 g/mol. The maximum absolute atomic E-state index is 11.2. The predicted molar refractivity (Wildman–Crippen MR) is 81.6 cm³/mol. The van der Waals surface area contributed by atoms with Crippen LogP contribution in [-0.4, -0.2) is 31.1 Å². The molecule has 1 fully saturated rings. The van der Waals surface area contributed by atoms with Crippen molar-refractivity contribution in [3.8, 4) is 0 Å². The fourth-order valence-electron chi connectivity index (χ4n) is 2.93. The van der Waals surface area contributed by atoms with Crippen molar-refractivity contribution in [2.45, 2.75) is 37.8 Å². The van der Waals surface area contributed by atoms with Crippen molar-refractivity contribution < 1.29 is 4.92 Å². The van der Waals surface area contributed by atoms with Gasteiger partial charge in [0.2, 0.25) is 0 Å². The Labute approximate surface area is 124 Å². The summed E-state index contributed by atoms with van der Waals surface area (Å²) in [4.78, 5) is 12.8. The Hall–Kier alpha value is -1.33. The van der Waals surface area contributed by atoms with E-state index >= 15 is 0 Å². The highest BCUT2D eigenvalue weighted by Crippen LogP contribution is 2.37. The lowest BCUT2D eigenvalue weighted by Gasteiger charge is -2.36. The molecular formula is C14H20ClN3O2. The molecule has 1 aliphatic rings. The van der Waals surface area contributed by atoms with Crippen LogP contribution in [0.4, 0.5) is 11.4 Å². The zero-order chi connectivity index (χ0) is 14.7. The number of benzene rings is 1. The molecule has 6 heteroatoms. The first kappa shape index (κ1) is 15.1. The number of hydrogen-bond acceptors (Lipinski definition) is 4. The summed E-state index contributed by atoms with van der Waals surface area (Å²) in [6.45, 7) is 0. The van der Waals surface area contributed by atoms with E-state index in [1.54, 1.807) is 12.1 Å². The first-order chi connectivity index (χ1) is 9.54. The largest absolute Gasteiger partial charge is 0.365 e. The lowest BCUT2D eigenvalue weighted by atomic mass is 9.90. The van der Waals surface area contributed by atoms with Gasteiger partial charge in [-0.15, -0.1) is 0 Å². The van der Waals surface area contributed by atoms with E-state index in [2.05, 4.69) is 5.32 Å². The molecule has 1 aliphatic carbocycles. The summed E-state index contributed by atoms with van der Waals surface area (Å²) in [6, 6.07) is 5.70. The molecule has 110 valence electrons. The predicted octanol–water partition coefficient (Wildman–Crippen LogP) is 3.22. The van der Waals surface area contributed by atoms with Crippen molar-refractivity contribution in [1.82, 2.24) is 5.32 Å². The van der Waals surface area contributed by atoms with Crippen molar-refractivity contribution in [2.24, 2.45) is 0 Å². The van der Waals surface area contributed by atoms with Gasteiger partial charge in [0.05, 0.1) is 9.95 Å². The Morgan fingerprint density at radius 3 is 2.55 bits per heavy atom. The van der Waals surface area contributed by atoms with Crippen LogP contribution in [0.5, 0.6) is 0 Å². The van der Waals surface area contributed by atoms with E-state index in [1.165, 1.54) is 6.07 Å². The van der Waals surface area contributed by atoms with Gasteiger partial charge in [-0.1, -0.05) is 17.7 Å². The minimum absolute atomic E-state index is 0.0794. The molecule has 0 unspecified atom stereocenters. The number of rotatable bonds is 4. The van der Waals surface area contributed by atoms with Crippen LogP contribution in [0, 0.1) is 10.1 Å². The summed E-state index contributed by atoms with van der Waals surface area (Å²) in [7, 11) is 3.88. The SMILES string of the molecule is CNC1CCC(N(C)c2c(Cl)cccc2[N+](=O)[O-])CC1. The number of anilines is 1. The first-order valence-corrected chi connectivity index (χ1v) is 7.25. The number of halogens is 1. The number of nitro groups is 1. The second-order valence-electron chi connectivity index (χ2n) is 5.27. The molecule has 0 atom stereocenters. The van der Waals surface area contributed by atoms with Gasteiger partial charge in [0.1, 0.15) is 5.69 Å². The van der Waals surface area contributed by atoms with Crippen molar-refractivity contribution in [3.05, 3.63) is 33.3 Å². The fraction of sp³-hybridized carbons (Fsp3) is 0.571. The summed E-state index contributed by atoms with van der Waals surface area (Å²) in [5, 5.41) is 14.9. The molecule has 1 aromatic rings.